The molecule has 0 aliphatic carbocycles. The summed E-state index contributed by atoms with van der Waals surface area (Å²) in [5.74, 6) is 1.35. The van der Waals surface area contributed by atoms with E-state index >= 15 is 0 Å². The Kier molecular flexibility index (Phi) is 4.28. The highest BCUT2D eigenvalue weighted by molar-refractivity contribution is 7.16. The van der Waals surface area contributed by atoms with Crippen molar-refractivity contribution in [1.82, 2.24) is 4.57 Å². The molecular formula is C20H20N2O3S. The summed E-state index contributed by atoms with van der Waals surface area (Å²) in [5, 5.41) is 0. The molecule has 5 nitrogen and oxygen atoms in total. The Morgan fingerprint density at radius 2 is 1.92 bits per heavy atom. The molecule has 1 aliphatic heterocycles. The number of aromatic nitrogens is 1. The molecule has 2 aromatic carbocycles. The molecule has 1 amide bonds. The zero-order valence-corrected chi connectivity index (χ0v) is 15.9. The third-order valence-electron chi connectivity index (χ3n) is 4.64. The van der Waals surface area contributed by atoms with Crippen LogP contribution in [0.25, 0.3) is 10.2 Å². The topological polar surface area (TPSA) is 52.8 Å². The van der Waals surface area contributed by atoms with Crippen LogP contribution in [-0.2, 0) is 17.8 Å². The van der Waals surface area contributed by atoms with Crippen LogP contribution in [0.15, 0.2) is 35.3 Å². The number of benzene rings is 2. The average Bonchev–Trinajstić information content (AvgIpc) is 3.18. The third kappa shape index (κ3) is 3.01. The van der Waals surface area contributed by atoms with E-state index in [1.54, 1.807) is 0 Å². The zero-order valence-electron chi connectivity index (χ0n) is 15.0. The first-order valence-corrected chi connectivity index (χ1v) is 9.43. The summed E-state index contributed by atoms with van der Waals surface area (Å²) in [5.41, 5.74) is 4.42. The number of nitrogens with zero attached hydrogens (tertiary/aromatic N) is 2. The van der Waals surface area contributed by atoms with Gasteiger partial charge in [-0.3, -0.25) is 4.79 Å². The minimum absolute atomic E-state index is 0.137. The van der Waals surface area contributed by atoms with E-state index in [1.165, 1.54) is 22.5 Å². The first kappa shape index (κ1) is 16.8. The summed E-state index contributed by atoms with van der Waals surface area (Å²) in [6, 6.07) is 10.0. The van der Waals surface area contributed by atoms with Gasteiger partial charge < -0.3 is 14.0 Å². The van der Waals surface area contributed by atoms with Gasteiger partial charge in [-0.05, 0) is 37.5 Å². The molecule has 0 N–H and O–H groups in total. The van der Waals surface area contributed by atoms with Crippen LogP contribution in [0, 0.1) is 13.8 Å². The van der Waals surface area contributed by atoms with Crippen LogP contribution in [0.1, 0.15) is 23.6 Å². The lowest BCUT2D eigenvalue weighted by atomic mass is 10.0. The number of fused-ring (bicyclic) bond motifs is 2. The van der Waals surface area contributed by atoms with Gasteiger partial charge in [-0.15, -0.1) is 0 Å². The first-order valence-electron chi connectivity index (χ1n) is 8.62. The Morgan fingerprint density at radius 3 is 2.65 bits per heavy atom. The van der Waals surface area contributed by atoms with Crippen molar-refractivity contribution in [3.8, 4) is 11.5 Å². The van der Waals surface area contributed by atoms with Gasteiger partial charge in [-0.1, -0.05) is 29.5 Å². The highest BCUT2D eigenvalue weighted by atomic mass is 32.1. The van der Waals surface area contributed by atoms with Crippen molar-refractivity contribution in [2.24, 2.45) is 4.99 Å². The number of aryl methyl sites for hydroxylation is 3. The summed E-state index contributed by atoms with van der Waals surface area (Å²) >= 11 is 1.50. The van der Waals surface area contributed by atoms with E-state index in [0.29, 0.717) is 11.2 Å². The molecule has 1 aliphatic rings. The minimum Gasteiger partial charge on any atom is -0.454 e. The quantitative estimate of drug-likeness (QED) is 0.708. The van der Waals surface area contributed by atoms with Crippen LogP contribution < -0.4 is 14.3 Å². The largest absolute Gasteiger partial charge is 0.454 e. The van der Waals surface area contributed by atoms with Crippen LogP contribution in [0.4, 0.5) is 0 Å². The SMILES string of the molecule is CCn1c(=NC(=O)Cc2ccc(C)c(C)c2)sc2cc3c(cc21)OCO3. The van der Waals surface area contributed by atoms with E-state index in [2.05, 4.69) is 24.9 Å². The zero-order chi connectivity index (χ0) is 18.3. The van der Waals surface area contributed by atoms with E-state index in [0.717, 1.165) is 33.8 Å². The first-order chi connectivity index (χ1) is 12.5. The van der Waals surface area contributed by atoms with Gasteiger partial charge in [0.1, 0.15) is 0 Å². The second-order valence-electron chi connectivity index (χ2n) is 6.40. The fourth-order valence-corrected chi connectivity index (χ4v) is 4.21. The lowest BCUT2D eigenvalue weighted by Crippen LogP contribution is -2.16. The molecule has 0 bridgehead atoms. The number of rotatable bonds is 3. The van der Waals surface area contributed by atoms with Crippen molar-refractivity contribution in [3.63, 3.8) is 0 Å². The standard InChI is InChI=1S/C20H20N2O3S/c1-4-22-15-9-16-17(25-11-24-16)10-18(15)26-20(22)21-19(23)8-14-6-5-12(2)13(3)7-14/h5-7,9-10H,4,8,11H2,1-3H3. The average molecular weight is 368 g/mol. The summed E-state index contributed by atoms with van der Waals surface area (Å²) < 4.78 is 14.0. The van der Waals surface area contributed by atoms with Gasteiger partial charge in [-0.2, -0.15) is 4.99 Å². The Labute approximate surface area is 155 Å². The van der Waals surface area contributed by atoms with Crippen molar-refractivity contribution >= 4 is 27.5 Å². The van der Waals surface area contributed by atoms with Gasteiger partial charge in [-0.25, -0.2) is 0 Å². The minimum atomic E-state index is -0.137. The molecule has 4 rings (SSSR count). The predicted octanol–water partition coefficient (Wildman–Crippen LogP) is 3.74. The molecule has 0 saturated heterocycles. The number of hydrogen-bond acceptors (Lipinski definition) is 4. The van der Waals surface area contributed by atoms with E-state index in [4.69, 9.17) is 9.47 Å². The van der Waals surface area contributed by atoms with Crippen LogP contribution in [0.3, 0.4) is 0 Å². The van der Waals surface area contributed by atoms with Gasteiger partial charge in [0.15, 0.2) is 16.3 Å². The van der Waals surface area contributed by atoms with Crippen LogP contribution in [0.5, 0.6) is 11.5 Å². The fraction of sp³-hybridized carbons (Fsp3) is 0.300. The highest BCUT2D eigenvalue weighted by Crippen LogP contribution is 2.36. The lowest BCUT2D eigenvalue weighted by Gasteiger charge is -2.03. The number of thiazole rings is 1. The van der Waals surface area contributed by atoms with E-state index in [-0.39, 0.29) is 12.7 Å². The maximum Gasteiger partial charge on any atom is 0.252 e. The van der Waals surface area contributed by atoms with Gasteiger partial charge >= 0.3 is 0 Å². The van der Waals surface area contributed by atoms with Crippen molar-refractivity contribution in [3.05, 3.63) is 51.8 Å². The molecule has 134 valence electrons. The normalized spacial score (nSPS) is 13.6. The third-order valence-corrected chi connectivity index (χ3v) is 5.68. The molecule has 0 atom stereocenters. The summed E-state index contributed by atoms with van der Waals surface area (Å²) in [4.78, 5) is 17.6. The Morgan fingerprint density at radius 1 is 1.15 bits per heavy atom. The smallest absolute Gasteiger partial charge is 0.252 e. The number of carbonyl (C=O) groups excluding carboxylic acids is 1. The second-order valence-corrected chi connectivity index (χ2v) is 7.41. The number of amides is 1. The molecule has 6 heteroatoms. The van der Waals surface area contributed by atoms with Crippen LogP contribution >= 0.6 is 11.3 Å². The fourth-order valence-electron chi connectivity index (χ4n) is 3.08. The number of ether oxygens (including phenoxy) is 2. The van der Waals surface area contributed by atoms with Crippen molar-refractivity contribution < 1.29 is 14.3 Å². The molecule has 3 aromatic rings. The Bertz CT molecular complexity index is 1080. The van der Waals surface area contributed by atoms with E-state index in [9.17, 15) is 4.79 Å². The number of carbonyl (C=O) groups is 1. The molecule has 0 unspecified atom stereocenters. The summed E-state index contributed by atoms with van der Waals surface area (Å²) in [7, 11) is 0. The maximum atomic E-state index is 12.5. The molecule has 0 fully saturated rings. The highest BCUT2D eigenvalue weighted by Gasteiger charge is 2.17. The van der Waals surface area contributed by atoms with E-state index in [1.807, 2.05) is 35.8 Å². The van der Waals surface area contributed by atoms with Gasteiger partial charge in [0.2, 0.25) is 6.79 Å². The monoisotopic (exact) mass is 368 g/mol. The number of hydrogen-bond donors (Lipinski definition) is 0. The van der Waals surface area contributed by atoms with Gasteiger partial charge in [0.05, 0.1) is 16.6 Å². The lowest BCUT2D eigenvalue weighted by molar-refractivity contribution is -0.117. The van der Waals surface area contributed by atoms with Gasteiger partial charge in [0.25, 0.3) is 5.91 Å². The van der Waals surface area contributed by atoms with E-state index < -0.39 is 0 Å². The van der Waals surface area contributed by atoms with Gasteiger partial charge in [0, 0.05) is 18.7 Å². The molecule has 2 heterocycles. The Hall–Kier alpha value is -2.60. The van der Waals surface area contributed by atoms with Crippen molar-refractivity contribution in [2.45, 2.75) is 33.7 Å². The van der Waals surface area contributed by atoms with Crippen molar-refractivity contribution in [1.29, 1.82) is 0 Å². The summed E-state index contributed by atoms with van der Waals surface area (Å²) in [6.45, 7) is 7.15. The molecule has 0 spiro atoms. The predicted molar refractivity (Wildman–Crippen MR) is 102 cm³/mol. The Balaban J connectivity index is 1.70. The second kappa shape index (κ2) is 6.61. The maximum absolute atomic E-state index is 12.5. The van der Waals surface area contributed by atoms with Crippen LogP contribution in [0.2, 0.25) is 0 Å². The molecule has 1 aromatic heterocycles. The molecule has 0 radical (unpaired) electrons. The van der Waals surface area contributed by atoms with Crippen molar-refractivity contribution in [2.75, 3.05) is 6.79 Å². The molecule has 0 saturated carbocycles. The molecule has 26 heavy (non-hydrogen) atoms. The summed E-state index contributed by atoms with van der Waals surface area (Å²) in [6.07, 6.45) is 0.307. The van der Waals surface area contributed by atoms with Crippen LogP contribution in [-0.4, -0.2) is 17.3 Å². The molecular weight excluding hydrogens is 348 g/mol.